The van der Waals surface area contributed by atoms with Crippen LogP contribution in [0, 0.1) is 13.8 Å². The highest BCUT2D eigenvalue weighted by molar-refractivity contribution is 7.09. The standard InChI is InChI=1S/C27H20N2O3S/c1-16-3-12-25-22(13-16)24(30)14-26(32-25)19-4-6-20(7-5-19)27(31)29-21-10-8-18(9-11-21)23-15-33-17(2)28-23/h3-15H,1-2H3,(H,29,31). The number of hydrogen-bond donors (Lipinski definition) is 1. The molecule has 0 atom stereocenters. The van der Waals surface area contributed by atoms with Crippen molar-refractivity contribution in [1.82, 2.24) is 4.98 Å². The van der Waals surface area contributed by atoms with Gasteiger partial charge in [-0.05, 0) is 50.2 Å². The van der Waals surface area contributed by atoms with Gasteiger partial charge in [0.15, 0.2) is 5.43 Å². The average Bonchev–Trinajstić information content (AvgIpc) is 3.26. The first-order chi connectivity index (χ1) is 16.0. The molecule has 162 valence electrons. The number of fused-ring (bicyclic) bond motifs is 1. The number of rotatable bonds is 4. The van der Waals surface area contributed by atoms with E-state index in [0.717, 1.165) is 27.4 Å². The van der Waals surface area contributed by atoms with E-state index in [-0.39, 0.29) is 11.3 Å². The van der Waals surface area contributed by atoms with E-state index in [0.29, 0.717) is 28.0 Å². The molecule has 0 fully saturated rings. The Morgan fingerprint density at radius 3 is 2.33 bits per heavy atom. The Labute approximate surface area is 194 Å². The van der Waals surface area contributed by atoms with Gasteiger partial charge in [-0.3, -0.25) is 9.59 Å². The number of nitrogens with zero attached hydrogens (tertiary/aromatic N) is 1. The van der Waals surface area contributed by atoms with Gasteiger partial charge in [-0.1, -0.05) is 35.9 Å². The minimum absolute atomic E-state index is 0.0898. The number of thiazole rings is 1. The molecular weight excluding hydrogens is 432 g/mol. The van der Waals surface area contributed by atoms with Crippen LogP contribution in [0.25, 0.3) is 33.6 Å². The van der Waals surface area contributed by atoms with Gasteiger partial charge in [0, 0.05) is 33.8 Å². The smallest absolute Gasteiger partial charge is 0.255 e. The lowest BCUT2D eigenvalue weighted by Gasteiger charge is -2.08. The van der Waals surface area contributed by atoms with E-state index in [2.05, 4.69) is 10.3 Å². The molecule has 5 nitrogen and oxygen atoms in total. The normalized spacial score (nSPS) is 11.0. The van der Waals surface area contributed by atoms with Gasteiger partial charge in [0.1, 0.15) is 11.3 Å². The molecule has 1 N–H and O–H groups in total. The minimum atomic E-state index is -0.214. The maximum atomic E-state index is 12.7. The van der Waals surface area contributed by atoms with Crippen LogP contribution < -0.4 is 10.7 Å². The Morgan fingerprint density at radius 1 is 0.909 bits per heavy atom. The summed E-state index contributed by atoms with van der Waals surface area (Å²) in [6, 6.07) is 21.6. The number of benzene rings is 3. The third kappa shape index (κ3) is 4.33. The molecule has 2 aromatic heterocycles. The third-order valence-corrected chi connectivity index (χ3v) is 6.15. The van der Waals surface area contributed by atoms with E-state index in [1.807, 2.05) is 55.6 Å². The van der Waals surface area contributed by atoms with Crippen LogP contribution >= 0.6 is 11.3 Å². The van der Waals surface area contributed by atoms with E-state index in [9.17, 15) is 9.59 Å². The first-order valence-corrected chi connectivity index (χ1v) is 11.3. The van der Waals surface area contributed by atoms with E-state index in [1.165, 1.54) is 6.07 Å². The number of aryl methyl sites for hydroxylation is 2. The van der Waals surface area contributed by atoms with Gasteiger partial charge in [-0.25, -0.2) is 4.98 Å². The zero-order valence-corrected chi connectivity index (χ0v) is 18.9. The van der Waals surface area contributed by atoms with Crippen molar-refractivity contribution in [3.63, 3.8) is 0 Å². The molecule has 5 aromatic rings. The van der Waals surface area contributed by atoms with Crippen LogP contribution in [0.15, 0.2) is 87.4 Å². The molecule has 3 aromatic carbocycles. The molecule has 0 bridgehead atoms. The molecule has 0 aliphatic carbocycles. The summed E-state index contributed by atoms with van der Waals surface area (Å²) < 4.78 is 5.92. The molecule has 0 aliphatic rings. The maximum absolute atomic E-state index is 12.7. The van der Waals surface area contributed by atoms with Crippen molar-refractivity contribution in [3.8, 4) is 22.6 Å². The zero-order chi connectivity index (χ0) is 22.9. The maximum Gasteiger partial charge on any atom is 0.255 e. The van der Waals surface area contributed by atoms with E-state index >= 15 is 0 Å². The van der Waals surface area contributed by atoms with Crippen molar-refractivity contribution in [2.24, 2.45) is 0 Å². The molecule has 0 aliphatic heterocycles. The molecular formula is C27H20N2O3S. The summed E-state index contributed by atoms with van der Waals surface area (Å²) in [4.78, 5) is 29.7. The molecule has 0 radical (unpaired) electrons. The summed E-state index contributed by atoms with van der Waals surface area (Å²) >= 11 is 1.61. The number of anilines is 1. The fourth-order valence-electron chi connectivity index (χ4n) is 3.62. The van der Waals surface area contributed by atoms with E-state index in [4.69, 9.17) is 4.42 Å². The molecule has 33 heavy (non-hydrogen) atoms. The Bertz CT molecular complexity index is 1530. The highest BCUT2D eigenvalue weighted by Gasteiger charge is 2.10. The topological polar surface area (TPSA) is 72.2 Å². The largest absolute Gasteiger partial charge is 0.456 e. The second-order valence-corrected chi connectivity index (χ2v) is 8.90. The van der Waals surface area contributed by atoms with E-state index < -0.39 is 0 Å². The number of carbonyl (C=O) groups is 1. The first-order valence-electron chi connectivity index (χ1n) is 10.5. The lowest BCUT2D eigenvalue weighted by Crippen LogP contribution is -2.11. The summed E-state index contributed by atoms with van der Waals surface area (Å²) in [5.74, 6) is 0.255. The number of nitrogens with one attached hydrogen (secondary N) is 1. The average molecular weight is 453 g/mol. The van der Waals surface area contributed by atoms with Crippen LogP contribution in [0.2, 0.25) is 0 Å². The molecule has 0 spiro atoms. The van der Waals surface area contributed by atoms with Crippen molar-refractivity contribution in [3.05, 3.63) is 105 Å². The predicted octanol–water partition coefficient (Wildman–Crippen LogP) is 6.45. The fourth-order valence-corrected chi connectivity index (χ4v) is 4.24. The van der Waals surface area contributed by atoms with Gasteiger partial charge >= 0.3 is 0 Å². The quantitative estimate of drug-likeness (QED) is 0.340. The van der Waals surface area contributed by atoms with Gasteiger partial charge in [0.2, 0.25) is 0 Å². The van der Waals surface area contributed by atoms with Gasteiger partial charge in [-0.2, -0.15) is 0 Å². The SMILES string of the molecule is Cc1ccc2oc(-c3ccc(C(=O)Nc4ccc(-c5csc(C)n5)cc4)cc3)cc(=O)c2c1. The lowest BCUT2D eigenvalue weighted by molar-refractivity contribution is 0.102. The molecule has 5 rings (SSSR count). The fraction of sp³-hybridized carbons (Fsp3) is 0.0741. The van der Waals surface area contributed by atoms with E-state index in [1.54, 1.807) is 41.7 Å². The lowest BCUT2D eigenvalue weighted by atomic mass is 10.1. The molecule has 0 unspecified atom stereocenters. The number of hydrogen-bond acceptors (Lipinski definition) is 5. The summed E-state index contributed by atoms with van der Waals surface area (Å²) in [5.41, 5.74) is 5.34. The number of aromatic nitrogens is 1. The summed E-state index contributed by atoms with van der Waals surface area (Å²) in [5, 5.41) is 6.51. The minimum Gasteiger partial charge on any atom is -0.456 e. The van der Waals surface area contributed by atoms with Crippen molar-refractivity contribution >= 4 is 33.9 Å². The van der Waals surface area contributed by atoms with Crippen LogP contribution in [-0.4, -0.2) is 10.9 Å². The molecule has 0 saturated carbocycles. The second-order valence-electron chi connectivity index (χ2n) is 7.84. The Balaban J connectivity index is 1.33. The summed E-state index contributed by atoms with van der Waals surface area (Å²) in [7, 11) is 0. The van der Waals surface area contributed by atoms with Crippen molar-refractivity contribution < 1.29 is 9.21 Å². The molecule has 2 heterocycles. The molecule has 0 saturated heterocycles. The van der Waals surface area contributed by atoms with Gasteiger partial charge in [0.05, 0.1) is 16.1 Å². The monoisotopic (exact) mass is 452 g/mol. The van der Waals surface area contributed by atoms with Crippen LogP contribution in [0.5, 0.6) is 0 Å². The Hall–Kier alpha value is -4.03. The van der Waals surface area contributed by atoms with Crippen molar-refractivity contribution in [2.45, 2.75) is 13.8 Å². The van der Waals surface area contributed by atoms with Crippen LogP contribution in [0.3, 0.4) is 0 Å². The highest BCUT2D eigenvalue weighted by atomic mass is 32.1. The molecule has 6 heteroatoms. The van der Waals surface area contributed by atoms with Crippen molar-refractivity contribution in [1.29, 1.82) is 0 Å². The first kappa shape index (κ1) is 20.8. The van der Waals surface area contributed by atoms with Gasteiger partial charge in [0.25, 0.3) is 5.91 Å². The molecule has 1 amide bonds. The Morgan fingerprint density at radius 2 is 1.64 bits per heavy atom. The third-order valence-electron chi connectivity index (χ3n) is 5.37. The number of amides is 1. The van der Waals surface area contributed by atoms with Crippen molar-refractivity contribution in [2.75, 3.05) is 5.32 Å². The Kier molecular flexibility index (Phi) is 5.36. The second kappa shape index (κ2) is 8.48. The highest BCUT2D eigenvalue weighted by Crippen LogP contribution is 2.25. The number of carbonyl (C=O) groups excluding carboxylic acids is 1. The van der Waals surface area contributed by atoms with Crippen LogP contribution in [0.1, 0.15) is 20.9 Å². The summed E-state index contributed by atoms with van der Waals surface area (Å²) in [6.45, 7) is 3.91. The zero-order valence-electron chi connectivity index (χ0n) is 18.1. The van der Waals surface area contributed by atoms with Gasteiger partial charge < -0.3 is 9.73 Å². The van der Waals surface area contributed by atoms with Crippen LogP contribution in [-0.2, 0) is 0 Å². The van der Waals surface area contributed by atoms with Crippen LogP contribution in [0.4, 0.5) is 5.69 Å². The van der Waals surface area contributed by atoms with Gasteiger partial charge in [-0.15, -0.1) is 11.3 Å². The predicted molar refractivity (Wildman–Crippen MR) is 133 cm³/mol. The summed E-state index contributed by atoms with van der Waals surface area (Å²) in [6.07, 6.45) is 0.